The zero-order chi connectivity index (χ0) is 13.8. The number of nitrogens with zero attached hydrogens (tertiary/aromatic N) is 1. The fourth-order valence-electron chi connectivity index (χ4n) is 2.32. The second kappa shape index (κ2) is 6.47. The molecule has 1 atom stereocenters. The number of rotatable bonds is 4. The van der Waals surface area contributed by atoms with Gasteiger partial charge in [0, 0.05) is 18.0 Å². The Labute approximate surface area is 126 Å². The lowest BCUT2D eigenvalue weighted by Gasteiger charge is -2.23. The minimum Gasteiger partial charge on any atom is -0.352 e. The van der Waals surface area contributed by atoms with E-state index in [1.54, 1.807) is 22.7 Å². The third-order valence-corrected chi connectivity index (χ3v) is 5.22. The number of hydrogen-bond donors (Lipinski definition) is 2. The quantitative estimate of drug-likeness (QED) is 0.911. The number of thiophene rings is 1. The summed E-state index contributed by atoms with van der Waals surface area (Å²) in [6, 6.07) is 4.34. The van der Waals surface area contributed by atoms with E-state index in [1.807, 2.05) is 16.8 Å². The van der Waals surface area contributed by atoms with Gasteiger partial charge in [-0.05, 0) is 30.8 Å². The van der Waals surface area contributed by atoms with E-state index in [0.717, 1.165) is 41.5 Å². The van der Waals surface area contributed by atoms with E-state index in [4.69, 9.17) is 0 Å². The van der Waals surface area contributed by atoms with Crippen LogP contribution in [-0.4, -0.2) is 30.0 Å². The Morgan fingerprint density at radius 3 is 3.20 bits per heavy atom. The van der Waals surface area contributed by atoms with Crippen molar-refractivity contribution >= 4 is 28.6 Å². The molecule has 2 aromatic heterocycles. The van der Waals surface area contributed by atoms with Crippen LogP contribution in [-0.2, 0) is 11.2 Å². The van der Waals surface area contributed by atoms with Crippen molar-refractivity contribution < 1.29 is 4.79 Å². The van der Waals surface area contributed by atoms with Crippen molar-refractivity contribution in [2.24, 2.45) is 0 Å². The molecule has 3 rings (SSSR count). The standard InChI is InChI=1S/C14H17N3OS2/c18-13(16-10-3-1-5-15-8-10)7-11-9-20-14(17-11)12-4-2-6-19-12/h2,4,6,9-10,15H,1,3,5,7-8H2,(H,16,18). The second-order valence-electron chi connectivity index (χ2n) is 4.91. The van der Waals surface area contributed by atoms with Crippen LogP contribution < -0.4 is 10.6 Å². The minimum absolute atomic E-state index is 0.0710. The third kappa shape index (κ3) is 3.45. The molecule has 4 nitrogen and oxygen atoms in total. The van der Waals surface area contributed by atoms with E-state index in [2.05, 4.69) is 21.7 Å². The molecule has 6 heteroatoms. The molecule has 1 saturated heterocycles. The summed E-state index contributed by atoms with van der Waals surface area (Å²) in [6.45, 7) is 1.94. The Balaban J connectivity index is 1.56. The number of nitrogens with one attached hydrogen (secondary N) is 2. The molecule has 20 heavy (non-hydrogen) atoms. The molecular weight excluding hydrogens is 290 g/mol. The lowest BCUT2D eigenvalue weighted by Crippen LogP contribution is -2.46. The van der Waals surface area contributed by atoms with Crippen molar-refractivity contribution in [1.29, 1.82) is 0 Å². The lowest BCUT2D eigenvalue weighted by atomic mass is 10.1. The second-order valence-corrected chi connectivity index (χ2v) is 6.71. The molecule has 1 aliphatic heterocycles. The predicted octanol–water partition coefficient (Wildman–Crippen LogP) is 2.28. The van der Waals surface area contributed by atoms with Gasteiger partial charge in [0.1, 0.15) is 5.01 Å². The van der Waals surface area contributed by atoms with Crippen molar-refractivity contribution in [1.82, 2.24) is 15.6 Å². The smallest absolute Gasteiger partial charge is 0.226 e. The Hall–Kier alpha value is -1.24. The van der Waals surface area contributed by atoms with Gasteiger partial charge in [-0.1, -0.05) is 6.07 Å². The van der Waals surface area contributed by atoms with E-state index in [-0.39, 0.29) is 11.9 Å². The SMILES string of the molecule is O=C(Cc1csc(-c2cccs2)n1)NC1CCCNC1. The zero-order valence-corrected chi connectivity index (χ0v) is 12.7. The van der Waals surface area contributed by atoms with Crippen molar-refractivity contribution in [3.63, 3.8) is 0 Å². The van der Waals surface area contributed by atoms with Crippen LogP contribution >= 0.6 is 22.7 Å². The summed E-state index contributed by atoms with van der Waals surface area (Å²) in [7, 11) is 0. The maximum absolute atomic E-state index is 12.0. The number of amides is 1. The molecule has 106 valence electrons. The Morgan fingerprint density at radius 2 is 2.45 bits per heavy atom. The maximum Gasteiger partial charge on any atom is 0.226 e. The van der Waals surface area contributed by atoms with Gasteiger partial charge in [0.25, 0.3) is 0 Å². The van der Waals surface area contributed by atoms with Crippen molar-refractivity contribution in [2.75, 3.05) is 13.1 Å². The highest BCUT2D eigenvalue weighted by Crippen LogP contribution is 2.27. The fourth-order valence-corrected chi connectivity index (χ4v) is 3.95. The number of aromatic nitrogens is 1. The molecule has 1 fully saturated rings. The minimum atomic E-state index is 0.0710. The van der Waals surface area contributed by atoms with Gasteiger partial charge in [-0.25, -0.2) is 4.98 Å². The number of piperidine rings is 1. The molecule has 3 heterocycles. The molecule has 0 saturated carbocycles. The highest BCUT2D eigenvalue weighted by atomic mass is 32.1. The van der Waals surface area contributed by atoms with Crippen molar-refractivity contribution in [3.05, 3.63) is 28.6 Å². The summed E-state index contributed by atoms with van der Waals surface area (Å²) in [6.07, 6.45) is 2.57. The van der Waals surface area contributed by atoms with E-state index in [0.29, 0.717) is 6.42 Å². The first kappa shape index (κ1) is 13.7. The van der Waals surface area contributed by atoms with E-state index < -0.39 is 0 Å². The van der Waals surface area contributed by atoms with Crippen LogP contribution in [0.3, 0.4) is 0 Å². The highest BCUT2D eigenvalue weighted by molar-refractivity contribution is 7.20. The van der Waals surface area contributed by atoms with Crippen LogP contribution in [0.15, 0.2) is 22.9 Å². The van der Waals surface area contributed by atoms with E-state index in [1.165, 1.54) is 0 Å². The fraction of sp³-hybridized carbons (Fsp3) is 0.429. The largest absolute Gasteiger partial charge is 0.352 e. The maximum atomic E-state index is 12.0. The van der Waals surface area contributed by atoms with Crippen LogP contribution in [0.4, 0.5) is 0 Å². The normalized spacial score (nSPS) is 18.9. The predicted molar refractivity (Wildman–Crippen MR) is 83.2 cm³/mol. The Morgan fingerprint density at radius 1 is 1.50 bits per heavy atom. The molecule has 0 aliphatic carbocycles. The number of thiazole rings is 1. The van der Waals surface area contributed by atoms with Gasteiger partial charge in [0.05, 0.1) is 17.0 Å². The summed E-state index contributed by atoms with van der Waals surface area (Å²) in [4.78, 5) is 17.7. The topological polar surface area (TPSA) is 54.0 Å². The monoisotopic (exact) mass is 307 g/mol. The van der Waals surface area contributed by atoms with Crippen molar-refractivity contribution in [3.8, 4) is 9.88 Å². The van der Waals surface area contributed by atoms with E-state index >= 15 is 0 Å². The molecule has 0 aromatic carbocycles. The summed E-state index contributed by atoms with van der Waals surface area (Å²) in [5.74, 6) is 0.0710. The van der Waals surface area contributed by atoms with Gasteiger partial charge in [-0.3, -0.25) is 4.79 Å². The summed E-state index contributed by atoms with van der Waals surface area (Å²) in [5.41, 5.74) is 0.861. The Kier molecular flexibility index (Phi) is 4.44. The molecule has 0 radical (unpaired) electrons. The molecule has 1 amide bonds. The Bertz CT molecular complexity index is 559. The number of carbonyl (C=O) groups is 1. The molecule has 2 N–H and O–H groups in total. The van der Waals surface area contributed by atoms with Gasteiger partial charge in [-0.15, -0.1) is 22.7 Å². The van der Waals surface area contributed by atoms with E-state index in [9.17, 15) is 4.79 Å². The van der Waals surface area contributed by atoms with Crippen LogP contribution in [0.1, 0.15) is 18.5 Å². The number of hydrogen-bond acceptors (Lipinski definition) is 5. The summed E-state index contributed by atoms with van der Waals surface area (Å²) < 4.78 is 0. The first-order valence-corrected chi connectivity index (χ1v) is 8.55. The molecule has 2 aromatic rings. The molecule has 1 aliphatic rings. The zero-order valence-electron chi connectivity index (χ0n) is 11.1. The lowest BCUT2D eigenvalue weighted by molar-refractivity contribution is -0.121. The molecular formula is C14H17N3OS2. The van der Waals surface area contributed by atoms with Gasteiger partial charge >= 0.3 is 0 Å². The van der Waals surface area contributed by atoms with Crippen LogP contribution in [0.2, 0.25) is 0 Å². The van der Waals surface area contributed by atoms with Crippen LogP contribution in [0.5, 0.6) is 0 Å². The molecule has 0 bridgehead atoms. The third-order valence-electron chi connectivity index (χ3n) is 3.29. The van der Waals surface area contributed by atoms with Gasteiger partial charge in [0.2, 0.25) is 5.91 Å². The van der Waals surface area contributed by atoms with Gasteiger partial charge in [-0.2, -0.15) is 0 Å². The summed E-state index contributed by atoms with van der Waals surface area (Å²) >= 11 is 3.28. The average molecular weight is 307 g/mol. The van der Waals surface area contributed by atoms with Crippen LogP contribution in [0.25, 0.3) is 9.88 Å². The number of carbonyl (C=O) groups excluding carboxylic acids is 1. The van der Waals surface area contributed by atoms with Crippen molar-refractivity contribution in [2.45, 2.75) is 25.3 Å². The molecule has 0 spiro atoms. The average Bonchev–Trinajstić information content (AvgIpc) is 3.10. The van der Waals surface area contributed by atoms with Crippen LogP contribution in [0, 0.1) is 0 Å². The first-order chi connectivity index (χ1) is 9.81. The highest BCUT2D eigenvalue weighted by Gasteiger charge is 2.16. The van der Waals surface area contributed by atoms with Gasteiger partial charge in [0.15, 0.2) is 0 Å². The summed E-state index contributed by atoms with van der Waals surface area (Å²) in [5, 5.41) is 11.4. The first-order valence-electron chi connectivity index (χ1n) is 6.79. The molecule has 1 unspecified atom stereocenters. The van der Waals surface area contributed by atoms with Gasteiger partial charge < -0.3 is 10.6 Å².